The van der Waals surface area contributed by atoms with Crippen molar-refractivity contribution in [1.82, 2.24) is 15.6 Å². The molecule has 0 saturated heterocycles. The summed E-state index contributed by atoms with van der Waals surface area (Å²) in [5.74, 6) is 0.451. The maximum Gasteiger partial charge on any atom is 0.325 e. The first kappa shape index (κ1) is 21.1. The monoisotopic (exact) mass is 464 g/mol. The van der Waals surface area contributed by atoms with Crippen LogP contribution in [0.3, 0.4) is 0 Å². The second-order valence-electron chi connectivity index (χ2n) is 7.63. The number of benzene rings is 2. The number of nitrogens with one attached hydrogen (secondary N) is 3. The molecule has 2 heterocycles. The number of rotatable bonds is 6. The molecule has 0 radical (unpaired) electrons. The molecule has 9 nitrogen and oxygen atoms in total. The van der Waals surface area contributed by atoms with E-state index in [-0.39, 0.29) is 24.5 Å². The molecule has 1 aliphatic heterocycles. The van der Waals surface area contributed by atoms with Crippen LogP contribution in [-0.4, -0.2) is 41.4 Å². The molecule has 33 heavy (non-hydrogen) atoms. The van der Waals surface area contributed by atoms with Gasteiger partial charge in [0.15, 0.2) is 11.5 Å². The van der Waals surface area contributed by atoms with E-state index in [1.807, 2.05) is 24.3 Å². The lowest BCUT2D eigenvalue weighted by Gasteiger charge is -2.10. The van der Waals surface area contributed by atoms with Gasteiger partial charge in [0.05, 0.1) is 21.9 Å². The van der Waals surface area contributed by atoms with E-state index in [1.54, 1.807) is 24.3 Å². The number of anilines is 1. The molecule has 0 unspecified atom stereocenters. The topological polar surface area (TPSA) is 119 Å². The second-order valence-corrected chi connectivity index (χ2v) is 8.63. The van der Waals surface area contributed by atoms with Crippen molar-refractivity contribution in [3.05, 3.63) is 54.1 Å². The Kier molecular flexibility index (Phi) is 5.74. The minimum atomic E-state index is -0.657. The third-order valence-electron chi connectivity index (χ3n) is 5.08. The Hall–Kier alpha value is -3.79. The number of pyridine rings is 1. The zero-order valence-corrected chi connectivity index (χ0v) is 18.2. The largest absolute Gasteiger partial charge is 0.454 e. The van der Waals surface area contributed by atoms with Gasteiger partial charge in [-0.1, -0.05) is 30.0 Å². The molecule has 2 aliphatic rings. The summed E-state index contributed by atoms with van der Waals surface area (Å²) in [5.41, 5.74) is 1.67. The van der Waals surface area contributed by atoms with Crippen molar-refractivity contribution in [3.8, 4) is 11.5 Å². The molecule has 168 valence electrons. The predicted molar refractivity (Wildman–Crippen MR) is 123 cm³/mol. The van der Waals surface area contributed by atoms with E-state index in [9.17, 15) is 14.4 Å². The number of para-hydroxylation sites is 1. The number of amides is 4. The molecule has 2 aromatic carbocycles. The van der Waals surface area contributed by atoms with Crippen LogP contribution in [0.4, 0.5) is 10.5 Å². The van der Waals surface area contributed by atoms with Gasteiger partial charge in [-0.25, -0.2) is 9.78 Å². The molecule has 0 atom stereocenters. The van der Waals surface area contributed by atoms with Crippen molar-refractivity contribution in [3.63, 3.8) is 0 Å². The third-order valence-corrected chi connectivity index (χ3v) is 6.00. The van der Waals surface area contributed by atoms with E-state index in [2.05, 4.69) is 20.9 Å². The van der Waals surface area contributed by atoms with Crippen LogP contribution >= 0.6 is 11.8 Å². The first-order valence-corrected chi connectivity index (χ1v) is 11.4. The highest BCUT2D eigenvalue weighted by molar-refractivity contribution is 7.99. The maximum atomic E-state index is 12.7. The van der Waals surface area contributed by atoms with Gasteiger partial charge in [-0.05, 0) is 37.1 Å². The number of carbonyl (C=O) groups excluding carboxylic acids is 3. The minimum absolute atomic E-state index is 0.0381. The number of fused-ring (bicyclic) bond motifs is 2. The predicted octanol–water partition coefficient (Wildman–Crippen LogP) is 3.30. The molecular weight excluding hydrogens is 444 g/mol. The fourth-order valence-electron chi connectivity index (χ4n) is 3.34. The summed E-state index contributed by atoms with van der Waals surface area (Å²) in [6, 6.07) is 13.6. The first-order chi connectivity index (χ1) is 16.0. The van der Waals surface area contributed by atoms with Crippen LogP contribution in [0.2, 0.25) is 0 Å². The van der Waals surface area contributed by atoms with Crippen LogP contribution in [0.25, 0.3) is 10.9 Å². The molecule has 4 amide bonds. The third kappa shape index (κ3) is 5.01. The van der Waals surface area contributed by atoms with Crippen LogP contribution < -0.4 is 25.4 Å². The molecule has 3 N–H and O–H groups in total. The van der Waals surface area contributed by atoms with Crippen molar-refractivity contribution < 1.29 is 23.9 Å². The highest BCUT2D eigenvalue weighted by Gasteiger charge is 2.25. The van der Waals surface area contributed by atoms with E-state index in [1.165, 1.54) is 0 Å². The van der Waals surface area contributed by atoms with E-state index >= 15 is 0 Å². The number of aromatic nitrogens is 1. The zero-order valence-electron chi connectivity index (χ0n) is 17.4. The number of urea groups is 1. The van der Waals surface area contributed by atoms with Gasteiger partial charge in [0.1, 0.15) is 0 Å². The Morgan fingerprint density at radius 2 is 1.85 bits per heavy atom. The van der Waals surface area contributed by atoms with Gasteiger partial charge in [-0.2, -0.15) is 0 Å². The number of hydrogen-bond acceptors (Lipinski definition) is 7. The average molecular weight is 465 g/mol. The highest BCUT2D eigenvalue weighted by atomic mass is 32.2. The maximum absolute atomic E-state index is 12.7. The van der Waals surface area contributed by atoms with Crippen LogP contribution in [0, 0.1) is 0 Å². The zero-order chi connectivity index (χ0) is 22.8. The van der Waals surface area contributed by atoms with Gasteiger partial charge in [0.25, 0.3) is 5.91 Å². The van der Waals surface area contributed by atoms with E-state index in [0.717, 1.165) is 30.0 Å². The fourth-order valence-corrected chi connectivity index (χ4v) is 4.06. The van der Waals surface area contributed by atoms with Crippen molar-refractivity contribution in [2.75, 3.05) is 17.9 Å². The highest BCUT2D eigenvalue weighted by Crippen LogP contribution is 2.34. The van der Waals surface area contributed by atoms with Gasteiger partial charge in [-0.3, -0.25) is 14.9 Å². The van der Waals surface area contributed by atoms with Gasteiger partial charge < -0.3 is 20.1 Å². The molecule has 5 rings (SSSR count). The molecule has 3 aromatic rings. The second kappa shape index (κ2) is 8.99. The summed E-state index contributed by atoms with van der Waals surface area (Å²) >= 11 is 1.15. The first-order valence-electron chi connectivity index (χ1n) is 10.4. The summed E-state index contributed by atoms with van der Waals surface area (Å²) in [5, 5.41) is 9.16. The molecule has 1 fully saturated rings. The molecule has 0 bridgehead atoms. The molecule has 1 saturated carbocycles. The summed E-state index contributed by atoms with van der Waals surface area (Å²) in [7, 11) is 0. The Labute approximate surface area is 193 Å². The van der Waals surface area contributed by atoms with E-state index in [0.29, 0.717) is 33.3 Å². The van der Waals surface area contributed by atoms with E-state index < -0.39 is 11.9 Å². The van der Waals surface area contributed by atoms with Crippen LogP contribution in [0.5, 0.6) is 11.5 Å². The Bertz CT molecular complexity index is 1260. The SMILES string of the molecule is O=C(CSc1cc(C(=O)NC2CC2)c2ccccc2n1)NC(=O)Nc1ccc2c(c1)OCO2. The lowest BCUT2D eigenvalue weighted by molar-refractivity contribution is -0.117. The fraction of sp³-hybridized carbons (Fsp3) is 0.217. The number of ether oxygens (including phenoxy) is 2. The van der Waals surface area contributed by atoms with Gasteiger partial charge in [0.2, 0.25) is 12.7 Å². The molecule has 1 aliphatic carbocycles. The average Bonchev–Trinajstić information content (AvgIpc) is 3.50. The van der Waals surface area contributed by atoms with E-state index in [4.69, 9.17) is 9.47 Å². The van der Waals surface area contributed by atoms with Crippen molar-refractivity contribution >= 4 is 46.2 Å². The quantitative estimate of drug-likeness (QED) is 0.479. The minimum Gasteiger partial charge on any atom is -0.454 e. The van der Waals surface area contributed by atoms with Gasteiger partial charge in [-0.15, -0.1) is 0 Å². The molecule has 10 heteroatoms. The Balaban J connectivity index is 1.21. The molecule has 0 spiro atoms. The number of hydrogen-bond donors (Lipinski definition) is 3. The molecular formula is C23H20N4O5S. The normalized spacial score (nSPS) is 14.1. The Morgan fingerprint density at radius 3 is 2.70 bits per heavy atom. The van der Waals surface area contributed by atoms with Crippen molar-refractivity contribution in [2.24, 2.45) is 0 Å². The number of carbonyl (C=O) groups is 3. The van der Waals surface area contributed by atoms with Crippen molar-refractivity contribution in [1.29, 1.82) is 0 Å². The summed E-state index contributed by atoms with van der Waals surface area (Å²) in [6.45, 7) is 0.132. The van der Waals surface area contributed by atoms with Gasteiger partial charge in [0, 0.05) is 23.2 Å². The summed E-state index contributed by atoms with van der Waals surface area (Å²) in [6.07, 6.45) is 1.98. The standard InChI is InChI=1S/C23H20N4O5S/c28-20(27-23(30)25-14-7-8-18-19(9-14)32-12-31-18)11-33-21-10-16(22(29)24-13-5-6-13)15-3-1-2-4-17(15)26-21/h1-4,7-10,13H,5-6,11-12H2,(H,24,29)(H2,25,27,28,30). The lowest BCUT2D eigenvalue weighted by atomic mass is 10.1. The molecule has 1 aromatic heterocycles. The smallest absolute Gasteiger partial charge is 0.325 e. The van der Waals surface area contributed by atoms with Crippen LogP contribution in [-0.2, 0) is 4.79 Å². The van der Waals surface area contributed by atoms with Crippen LogP contribution in [0.1, 0.15) is 23.2 Å². The van der Waals surface area contributed by atoms with Crippen LogP contribution in [0.15, 0.2) is 53.6 Å². The van der Waals surface area contributed by atoms with Gasteiger partial charge >= 0.3 is 6.03 Å². The number of nitrogens with zero attached hydrogens (tertiary/aromatic N) is 1. The summed E-state index contributed by atoms with van der Waals surface area (Å²) in [4.78, 5) is 41.7. The summed E-state index contributed by atoms with van der Waals surface area (Å²) < 4.78 is 10.5. The number of imide groups is 1. The number of thioether (sulfide) groups is 1. The lowest BCUT2D eigenvalue weighted by Crippen LogP contribution is -2.35. The van der Waals surface area contributed by atoms with Crippen molar-refractivity contribution in [2.45, 2.75) is 23.9 Å². The Morgan fingerprint density at radius 1 is 1.03 bits per heavy atom.